The van der Waals surface area contributed by atoms with E-state index in [0.29, 0.717) is 30.4 Å². The van der Waals surface area contributed by atoms with Crippen LogP contribution < -0.4 is 4.90 Å². The average molecular weight is 612 g/mol. The van der Waals surface area contributed by atoms with Gasteiger partial charge in [-0.15, -0.1) is 0 Å². The molecule has 2 amide bonds. The van der Waals surface area contributed by atoms with Gasteiger partial charge in [0.25, 0.3) is 17.4 Å². The Morgan fingerprint density at radius 3 is 2.19 bits per heavy atom. The number of rotatable bonds is 6. The maximum Gasteiger partial charge on any atom is 0.430 e. The monoisotopic (exact) mass is 611 g/mol. The van der Waals surface area contributed by atoms with Crippen molar-refractivity contribution >= 4 is 29.1 Å². The molecule has 6 nitrogen and oxygen atoms in total. The van der Waals surface area contributed by atoms with Gasteiger partial charge in [0.05, 0.1) is 0 Å². The molecule has 2 saturated heterocycles. The lowest BCUT2D eigenvalue weighted by Crippen LogP contribution is -2.57. The normalized spacial score (nSPS) is 19.4. The molecule has 1 N–H and O–H groups in total. The van der Waals surface area contributed by atoms with Crippen LogP contribution in [0.1, 0.15) is 60.5 Å². The third kappa shape index (κ3) is 6.54. The molecule has 2 aliphatic rings. The highest BCUT2D eigenvalue weighted by Gasteiger charge is 2.62. The van der Waals surface area contributed by atoms with E-state index in [1.54, 1.807) is 19.0 Å². The molecular weight excluding hydrogens is 574 g/mol. The van der Waals surface area contributed by atoms with Crippen LogP contribution in [0.5, 0.6) is 0 Å². The van der Waals surface area contributed by atoms with Crippen molar-refractivity contribution in [1.82, 2.24) is 9.80 Å². The van der Waals surface area contributed by atoms with E-state index in [0.717, 1.165) is 60.6 Å². The van der Waals surface area contributed by atoms with E-state index < -0.39 is 29.1 Å². The quantitative estimate of drug-likeness (QED) is 0.397. The highest BCUT2D eigenvalue weighted by atomic mass is 35.5. The highest BCUT2D eigenvalue weighted by Crippen LogP contribution is 2.45. The van der Waals surface area contributed by atoms with E-state index in [-0.39, 0.29) is 29.4 Å². The molecule has 42 heavy (non-hydrogen) atoms. The molecule has 0 aromatic heterocycles. The Morgan fingerprint density at radius 1 is 1.05 bits per heavy atom. The lowest BCUT2D eigenvalue weighted by molar-refractivity contribution is -0.262. The van der Waals surface area contributed by atoms with Gasteiger partial charge < -0.3 is 19.8 Å². The second kappa shape index (κ2) is 12.0. The molecule has 2 aromatic carbocycles. The molecule has 1 atom stereocenters. The fourth-order valence-corrected chi connectivity index (χ4v) is 6.49. The number of nitrogens with zero attached hydrogens (tertiary/aromatic N) is 3. The van der Waals surface area contributed by atoms with Crippen molar-refractivity contribution in [3.63, 3.8) is 0 Å². The van der Waals surface area contributed by atoms with Gasteiger partial charge in [-0.2, -0.15) is 13.2 Å². The van der Waals surface area contributed by atoms with E-state index in [9.17, 15) is 32.3 Å². The topological polar surface area (TPSA) is 64.1 Å². The molecule has 1 unspecified atom stereocenters. The van der Waals surface area contributed by atoms with Crippen LogP contribution in [0.25, 0.3) is 0 Å². The number of halogens is 5. The first-order chi connectivity index (χ1) is 19.5. The van der Waals surface area contributed by atoms with Gasteiger partial charge in [-0.05, 0) is 92.3 Å². The molecule has 0 aliphatic carbocycles. The van der Waals surface area contributed by atoms with Gasteiger partial charge in [0, 0.05) is 62.1 Å². The average Bonchev–Trinajstić information content (AvgIpc) is 2.91. The second-order valence-corrected chi connectivity index (χ2v) is 12.7. The lowest BCUT2D eigenvalue weighted by atomic mass is 9.71. The van der Waals surface area contributed by atoms with Gasteiger partial charge in [-0.1, -0.05) is 18.5 Å². The first-order valence-corrected chi connectivity index (χ1v) is 14.5. The van der Waals surface area contributed by atoms with Crippen molar-refractivity contribution in [1.29, 1.82) is 0 Å². The number of piperidine rings is 2. The number of aliphatic hydroxyl groups is 1. The molecule has 230 valence electrons. The van der Waals surface area contributed by atoms with Crippen molar-refractivity contribution in [2.45, 2.75) is 57.7 Å². The van der Waals surface area contributed by atoms with Crippen LogP contribution in [0, 0.1) is 24.1 Å². The molecule has 0 saturated carbocycles. The van der Waals surface area contributed by atoms with Crippen LogP contribution in [0.3, 0.4) is 0 Å². The summed E-state index contributed by atoms with van der Waals surface area (Å²) in [5.74, 6) is -2.18. The largest absolute Gasteiger partial charge is 0.430 e. The van der Waals surface area contributed by atoms with Gasteiger partial charge in [0.2, 0.25) is 0 Å². The van der Waals surface area contributed by atoms with E-state index in [1.165, 1.54) is 0 Å². The molecule has 2 aromatic rings. The summed E-state index contributed by atoms with van der Waals surface area (Å²) in [6.45, 7) is 5.89. The Morgan fingerprint density at radius 2 is 1.67 bits per heavy atom. The number of hydrogen-bond donors (Lipinski definition) is 1. The number of hydrogen-bond acceptors (Lipinski definition) is 4. The number of likely N-dealkylation sites (tertiary alicyclic amines) is 1. The number of alkyl halides is 3. The molecule has 11 heteroatoms. The second-order valence-electron chi connectivity index (χ2n) is 12.3. The molecule has 2 fully saturated rings. The van der Waals surface area contributed by atoms with E-state index in [2.05, 4.69) is 11.8 Å². The molecular formula is C31H38ClF4N3O3. The molecule has 0 spiro atoms. The van der Waals surface area contributed by atoms with Crippen LogP contribution >= 0.6 is 11.6 Å². The van der Waals surface area contributed by atoms with Gasteiger partial charge in [0.15, 0.2) is 0 Å². The maximum atomic E-state index is 14.1. The van der Waals surface area contributed by atoms with Crippen molar-refractivity contribution < 1.29 is 32.3 Å². The minimum absolute atomic E-state index is 0.0276. The number of aryl methyl sites for hydroxylation is 1. The molecule has 4 rings (SSSR count). The summed E-state index contributed by atoms with van der Waals surface area (Å²) in [6, 6.07) is 7.99. The summed E-state index contributed by atoms with van der Waals surface area (Å²) >= 11 is 5.75. The number of amides is 2. The summed E-state index contributed by atoms with van der Waals surface area (Å²) in [4.78, 5) is 30.4. The Hall–Kier alpha value is -2.85. The number of carbonyl (C=O) groups excluding carboxylic acids is 2. The zero-order valence-corrected chi connectivity index (χ0v) is 25.2. The third-order valence-corrected chi connectivity index (χ3v) is 9.08. The summed E-state index contributed by atoms with van der Waals surface area (Å²) in [5, 5.41) is 10.4. The minimum Gasteiger partial charge on any atom is -0.372 e. The number of anilines is 1. The van der Waals surface area contributed by atoms with Gasteiger partial charge >= 0.3 is 6.18 Å². The van der Waals surface area contributed by atoms with Crippen molar-refractivity contribution in [2.24, 2.45) is 11.3 Å². The summed E-state index contributed by atoms with van der Waals surface area (Å²) in [5.41, 5.74) is -2.29. The van der Waals surface area contributed by atoms with Crippen LogP contribution in [-0.2, 0) is 10.4 Å². The molecule has 0 bridgehead atoms. The van der Waals surface area contributed by atoms with Gasteiger partial charge in [0.1, 0.15) is 5.82 Å². The zero-order valence-electron chi connectivity index (χ0n) is 24.4. The summed E-state index contributed by atoms with van der Waals surface area (Å²) < 4.78 is 56.2. The number of benzene rings is 2. The van der Waals surface area contributed by atoms with Crippen LogP contribution in [0.15, 0.2) is 36.4 Å². The Kier molecular flexibility index (Phi) is 9.19. The smallest absolute Gasteiger partial charge is 0.372 e. The van der Waals surface area contributed by atoms with Crippen molar-refractivity contribution in [3.05, 3.63) is 63.9 Å². The highest BCUT2D eigenvalue weighted by molar-refractivity contribution is 6.30. The predicted molar refractivity (Wildman–Crippen MR) is 154 cm³/mol. The number of carbonyl (C=O) groups is 2. The fourth-order valence-electron chi connectivity index (χ4n) is 6.27. The predicted octanol–water partition coefficient (Wildman–Crippen LogP) is 6.17. The fraction of sp³-hybridized carbons (Fsp3) is 0.548. The lowest BCUT2D eigenvalue weighted by Gasteiger charge is -2.45. The van der Waals surface area contributed by atoms with E-state index in [1.807, 2.05) is 25.1 Å². The minimum atomic E-state index is -5.36. The van der Waals surface area contributed by atoms with Crippen LogP contribution in [0.2, 0.25) is 5.02 Å². The van der Waals surface area contributed by atoms with Crippen LogP contribution in [-0.4, -0.2) is 73.2 Å². The van der Waals surface area contributed by atoms with E-state index in [4.69, 9.17) is 11.6 Å². The molecule has 0 radical (unpaired) electrons. The SMILES string of the molecule is Cc1cc(N2CCC(CC3(C)CCN(C(=O)C(O)(c4cc(F)cc(Cl)c4)C(F)(F)F)CC3)CC2)ccc1C(=O)N(C)C. The standard InChI is InChI=1S/C31H38ClF4N3O3/c1-20-15-25(5-6-26(20)27(40)37(3)4)38-11-7-21(8-12-38)19-29(2)9-13-39(14-10-29)28(41)30(42,31(34,35)36)22-16-23(32)18-24(33)17-22/h5-6,15-18,21,42H,7-14,19H2,1-4H3. The van der Waals surface area contributed by atoms with Crippen molar-refractivity contribution in [2.75, 3.05) is 45.2 Å². The molecule has 2 aliphatic heterocycles. The van der Waals surface area contributed by atoms with Gasteiger partial charge in [-0.25, -0.2) is 4.39 Å². The Bertz CT molecular complexity index is 1300. The van der Waals surface area contributed by atoms with Crippen molar-refractivity contribution in [3.8, 4) is 0 Å². The first-order valence-electron chi connectivity index (χ1n) is 14.2. The maximum absolute atomic E-state index is 14.1. The van der Waals surface area contributed by atoms with Crippen LogP contribution in [0.4, 0.5) is 23.2 Å². The summed E-state index contributed by atoms with van der Waals surface area (Å²) in [6.07, 6.45) is -1.56. The zero-order chi connectivity index (χ0) is 31.0. The van der Waals surface area contributed by atoms with Gasteiger partial charge in [-0.3, -0.25) is 9.59 Å². The first kappa shape index (κ1) is 32.1. The summed E-state index contributed by atoms with van der Waals surface area (Å²) in [7, 11) is 3.46. The Labute approximate surface area is 249 Å². The molecule has 2 heterocycles. The third-order valence-electron chi connectivity index (χ3n) is 8.87. The van der Waals surface area contributed by atoms with E-state index >= 15 is 0 Å². The Balaban J connectivity index is 1.36.